The molecule has 19 heavy (non-hydrogen) atoms. The van der Waals surface area contributed by atoms with E-state index in [0.717, 1.165) is 10.9 Å². The standard InChI is InChI=1S/C14H17N3O2/c1-14(2,7-12(15)18)17-13(19)10-8-16-11-6-4-3-5-9(10)11/h3-6,8,16H,7H2,1-2H3,(H2,15,18)(H,17,19). The van der Waals surface area contributed by atoms with Crippen LogP contribution in [-0.4, -0.2) is 22.3 Å². The predicted molar refractivity (Wildman–Crippen MR) is 73.7 cm³/mol. The van der Waals surface area contributed by atoms with E-state index in [1.54, 1.807) is 20.0 Å². The van der Waals surface area contributed by atoms with Crippen molar-refractivity contribution in [3.8, 4) is 0 Å². The smallest absolute Gasteiger partial charge is 0.253 e. The quantitative estimate of drug-likeness (QED) is 0.777. The number of carbonyl (C=O) groups excluding carboxylic acids is 2. The minimum atomic E-state index is -0.665. The number of primary amides is 1. The maximum atomic E-state index is 12.2. The van der Waals surface area contributed by atoms with Gasteiger partial charge in [0.05, 0.1) is 5.56 Å². The lowest BCUT2D eigenvalue weighted by Gasteiger charge is -2.24. The van der Waals surface area contributed by atoms with Crippen LogP contribution in [0.4, 0.5) is 0 Å². The van der Waals surface area contributed by atoms with Gasteiger partial charge in [-0.05, 0) is 19.9 Å². The van der Waals surface area contributed by atoms with E-state index >= 15 is 0 Å². The third-order valence-electron chi connectivity index (χ3n) is 2.90. The fourth-order valence-electron chi connectivity index (χ4n) is 2.11. The van der Waals surface area contributed by atoms with Crippen LogP contribution in [0.3, 0.4) is 0 Å². The molecule has 0 radical (unpaired) electrons. The summed E-state index contributed by atoms with van der Waals surface area (Å²) in [6.45, 7) is 3.54. The van der Waals surface area contributed by atoms with Crippen molar-refractivity contribution in [1.82, 2.24) is 10.3 Å². The van der Waals surface area contributed by atoms with Crippen molar-refractivity contribution in [3.05, 3.63) is 36.0 Å². The molecule has 0 fully saturated rings. The number of aromatic nitrogens is 1. The van der Waals surface area contributed by atoms with Crippen LogP contribution in [0.5, 0.6) is 0 Å². The highest BCUT2D eigenvalue weighted by molar-refractivity contribution is 6.07. The fraction of sp³-hybridized carbons (Fsp3) is 0.286. The van der Waals surface area contributed by atoms with E-state index < -0.39 is 11.4 Å². The molecule has 0 saturated heterocycles. The summed E-state index contributed by atoms with van der Waals surface area (Å²) in [5.41, 5.74) is 5.97. The fourth-order valence-corrected chi connectivity index (χ4v) is 2.11. The highest BCUT2D eigenvalue weighted by Gasteiger charge is 2.24. The molecular weight excluding hydrogens is 242 g/mol. The molecule has 100 valence electrons. The molecule has 5 heteroatoms. The summed E-state index contributed by atoms with van der Waals surface area (Å²) in [5, 5.41) is 3.68. The Hall–Kier alpha value is -2.30. The molecule has 0 bridgehead atoms. The summed E-state index contributed by atoms with van der Waals surface area (Å²) in [5.74, 6) is -0.659. The first-order valence-electron chi connectivity index (χ1n) is 6.06. The summed E-state index contributed by atoms with van der Waals surface area (Å²) in [6, 6.07) is 7.56. The molecule has 0 aliphatic rings. The average molecular weight is 259 g/mol. The predicted octanol–water partition coefficient (Wildman–Crippen LogP) is 1.55. The van der Waals surface area contributed by atoms with E-state index in [4.69, 9.17) is 5.73 Å². The van der Waals surface area contributed by atoms with Gasteiger partial charge in [0.1, 0.15) is 0 Å². The lowest BCUT2D eigenvalue weighted by Crippen LogP contribution is -2.46. The van der Waals surface area contributed by atoms with Crippen LogP contribution in [0.2, 0.25) is 0 Å². The number of carbonyl (C=O) groups is 2. The van der Waals surface area contributed by atoms with Crippen LogP contribution >= 0.6 is 0 Å². The zero-order valence-electron chi connectivity index (χ0n) is 11.0. The van der Waals surface area contributed by atoms with Gasteiger partial charge in [0.25, 0.3) is 5.91 Å². The van der Waals surface area contributed by atoms with Crippen molar-refractivity contribution in [2.45, 2.75) is 25.8 Å². The van der Waals surface area contributed by atoms with E-state index in [1.807, 2.05) is 24.3 Å². The lowest BCUT2D eigenvalue weighted by molar-refractivity contribution is -0.119. The van der Waals surface area contributed by atoms with Gasteiger partial charge in [-0.1, -0.05) is 18.2 Å². The lowest BCUT2D eigenvalue weighted by atomic mass is 9.99. The molecule has 1 aromatic carbocycles. The Morgan fingerprint density at radius 3 is 2.68 bits per heavy atom. The molecule has 0 aliphatic heterocycles. The second kappa shape index (κ2) is 4.76. The minimum Gasteiger partial charge on any atom is -0.370 e. The first kappa shape index (κ1) is 13.1. The molecular formula is C14H17N3O2. The van der Waals surface area contributed by atoms with E-state index in [1.165, 1.54) is 0 Å². The molecule has 0 atom stereocenters. The summed E-state index contributed by atoms with van der Waals surface area (Å²) in [7, 11) is 0. The SMILES string of the molecule is CC(C)(CC(N)=O)NC(=O)c1c[nH]c2ccccc12. The monoisotopic (exact) mass is 259 g/mol. The van der Waals surface area contributed by atoms with Crippen molar-refractivity contribution in [2.24, 2.45) is 5.73 Å². The van der Waals surface area contributed by atoms with Crippen molar-refractivity contribution >= 4 is 22.7 Å². The molecule has 0 spiro atoms. The number of hydrogen-bond donors (Lipinski definition) is 3. The molecule has 0 saturated carbocycles. The van der Waals surface area contributed by atoms with Crippen molar-refractivity contribution in [1.29, 1.82) is 0 Å². The third kappa shape index (κ3) is 2.93. The van der Waals surface area contributed by atoms with Gasteiger partial charge in [-0.15, -0.1) is 0 Å². The molecule has 0 unspecified atom stereocenters. The zero-order valence-corrected chi connectivity index (χ0v) is 11.0. The number of nitrogens with two attached hydrogens (primary N) is 1. The van der Waals surface area contributed by atoms with Crippen LogP contribution in [0.25, 0.3) is 10.9 Å². The average Bonchev–Trinajstić information content (AvgIpc) is 2.69. The second-order valence-corrected chi connectivity index (χ2v) is 5.23. The maximum Gasteiger partial charge on any atom is 0.253 e. The Morgan fingerprint density at radius 2 is 2.00 bits per heavy atom. The summed E-state index contributed by atoms with van der Waals surface area (Å²) >= 11 is 0. The van der Waals surface area contributed by atoms with Gasteiger partial charge in [-0.25, -0.2) is 0 Å². The molecule has 1 heterocycles. The first-order valence-corrected chi connectivity index (χ1v) is 6.06. The normalized spacial score (nSPS) is 11.5. The van der Waals surface area contributed by atoms with E-state index in [0.29, 0.717) is 5.56 Å². The maximum absolute atomic E-state index is 12.2. The van der Waals surface area contributed by atoms with Crippen LogP contribution in [0.15, 0.2) is 30.5 Å². The Morgan fingerprint density at radius 1 is 1.32 bits per heavy atom. The highest BCUT2D eigenvalue weighted by atomic mass is 16.2. The molecule has 5 nitrogen and oxygen atoms in total. The molecule has 4 N–H and O–H groups in total. The Bertz CT molecular complexity index is 628. The number of para-hydroxylation sites is 1. The largest absolute Gasteiger partial charge is 0.370 e. The topological polar surface area (TPSA) is 88.0 Å². The van der Waals surface area contributed by atoms with Gasteiger partial charge < -0.3 is 16.0 Å². The summed E-state index contributed by atoms with van der Waals surface area (Å²) in [6.07, 6.45) is 1.77. The van der Waals surface area contributed by atoms with E-state index in [9.17, 15) is 9.59 Å². The van der Waals surface area contributed by atoms with E-state index in [-0.39, 0.29) is 12.3 Å². The van der Waals surface area contributed by atoms with Gasteiger partial charge >= 0.3 is 0 Å². The molecule has 1 aromatic heterocycles. The van der Waals surface area contributed by atoms with Crippen molar-refractivity contribution < 1.29 is 9.59 Å². The highest BCUT2D eigenvalue weighted by Crippen LogP contribution is 2.19. The number of benzene rings is 1. The Balaban J connectivity index is 2.23. The Labute approximate surface area is 111 Å². The zero-order chi connectivity index (χ0) is 14.0. The number of rotatable bonds is 4. The van der Waals surface area contributed by atoms with Gasteiger partial charge in [-0.3, -0.25) is 9.59 Å². The number of aromatic amines is 1. The first-order chi connectivity index (χ1) is 8.89. The van der Waals surface area contributed by atoms with E-state index in [2.05, 4.69) is 10.3 Å². The van der Waals surface area contributed by atoms with Crippen molar-refractivity contribution in [2.75, 3.05) is 0 Å². The number of amides is 2. The molecule has 0 aliphatic carbocycles. The summed E-state index contributed by atoms with van der Waals surface area (Å²) in [4.78, 5) is 26.2. The molecule has 2 rings (SSSR count). The second-order valence-electron chi connectivity index (χ2n) is 5.23. The van der Waals surface area contributed by atoms with Crippen molar-refractivity contribution in [3.63, 3.8) is 0 Å². The number of fused-ring (bicyclic) bond motifs is 1. The minimum absolute atomic E-state index is 0.0983. The third-order valence-corrected chi connectivity index (χ3v) is 2.90. The molecule has 2 amide bonds. The van der Waals surface area contributed by atoms with Gasteiger partial charge in [0.2, 0.25) is 5.91 Å². The van der Waals surface area contributed by atoms with Crippen LogP contribution in [-0.2, 0) is 4.79 Å². The molecule has 2 aromatic rings. The van der Waals surface area contributed by atoms with Crippen LogP contribution < -0.4 is 11.1 Å². The van der Waals surface area contributed by atoms with Gasteiger partial charge in [0, 0.05) is 29.1 Å². The number of nitrogens with one attached hydrogen (secondary N) is 2. The van der Waals surface area contributed by atoms with Crippen LogP contribution in [0.1, 0.15) is 30.6 Å². The van der Waals surface area contributed by atoms with Crippen LogP contribution in [0, 0.1) is 0 Å². The number of hydrogen-bond acceptors (Lipinski definition) is 2. The van der Waals surface area contributed by atoms with Gasteiger partial charge in [0.15, 0.2) is 0 Å². The Kier molecular flexibility index (Phi) is 3.29. The van der Waals surface area contributed by atoms with Gasteiger partial charge in [-0.2, -0.15) is 0 Å². The summed E-state index contributed by atoms with van der Waals surface area (Å²) < 4.78 is 0. The number of H-pyrrole nitrogens is 1.